The smallest absolute Gasteiger partial charge is 0.256 e. The van der Waals surface area contributed by atoms with Crippen molar-refractivity contribution in [2.75, 3.05) is 7.05 Å². The van der Waals surface area contributed by atoms with Crippen LogP contribution in [0.3, 0.4) is 0 Å². The molecule has 0 bridgehead atoms. The van der Waals surface area contributed by atoms with Crippen LogP contribution in [0.25, 0.3) is 0 Å². The maximum absolute atomic E-state index is 10.1. The highest BCUT2D eigenvalue weighted by Gasteiger charge is 2.54. The standard InChI is InChI=1S/C13H26NO2P/c1-4-12-13(5-2,16-17(15)14(12)3)11-9-7-6-8-10-11/h11-12,15H,4-10H2,1-3H3. The average molecular weight is 259 g/mol. The van der Waals surface area contributed by atoms with Gasteiger partial charge in [-0.3, -0.25) is 0 Å². The van der Waals surface area contributed by atoms with Crippen LogP contribution in [0.15, 0.2) is 0 Å². The zero-order valence-electron chi connectivity index (χ0n) is 11.4. The Bertz CT molecular complexity index is 258. The van der Waals surface area contributed by atoms with E-state index in [1.807, 2.05) is 7.05 Å². The van der Waals surface area contributed by atoms with Gasteiger partial charge in [0.25, 0.3) is 8.53 Å². The summed E-state index contributed by atoms with van der Waals surface area (Å²) in [7, 11) is 0.657. The van der Waals surface area contributed by atoms with Gasteiger partial charge in [-0.2, -0.15) is 0 Å². The Morgan fingerprint density at radius 1 is 1.29 bits per heavy atom. The second-order valence-electron chi connectivity index (χ2n) is 5.49. The van der Waals surface area contributed by atoms with Gasteiger partial charge in [0, 0.05) is 6.04 Å². The number of rotatable bonds is 3. The highest BCUT2D eigenvalue weighted by molar-refractivity contribution is 7.43. The quantitative estimate of drug-likeness (QED) is 0.785. The third-order valence-corrected chi connectivity index (χ3v) is 6.09. The average Bonchev–Trinajstić information content (AvgIpc) is 2.63. The lowest BCUT2D eigenvalue weighted by atomic mass is 9.71. The van der Waals surface area contributed by atoms with Gasteiger partial charge in [0.2, 0.25) is 0 Å². The van der Waals surface area contributed by atoms with Crippen LogP contribution in [-0.4, -0.2) is 28.3 Å². The second-order valence-corrected chi connectivity index (χ2v) is 6.80. The molecule has 1 aliphatic carbocycles. The van der Waals surface area contributed by atoms with Gasteiger partial charge in [-0.15, -0.1) is 0 Å². The van der Waals surface area contributed by atoms with Gasteiger partial charge in [-0.05, 0) is 38.6 Å². The van der Waals surface area contributed by atoms with E-state index < -0.39 is 8.53 Å². The molecule has 1 aliphatic heterocycles. The molecule has 100 valence electrons. The molecule has 1 heterocycles. The van der Waals surface area contributed by atoms with Crippen LogP contribution in [0.1, 0.15) is 58.8 Å². The molecule has 0 radical (unpaired) electrons. The van der Waals surface area contributed by atoms with E-state index >= 15 is 0 Å². The maximum Gasteiger partial charge on any atom is 0.256 e. The fraction of sp³-hybridized carbons (Fsp3) is 1.00. The first-order valence-electron chi connectivity index (χ1n) is 7.06. The molecule has 2 aliphatic rings. The van der Waals surface area contributed by atoms with E-state index in [2.05, 4.69) is 18.5 Å². The van der Waals surface area contributed by atoms with Crippen molar-refractivity contribution in [3.63, 3.8) is 0 Å². The second kappa shape index (κ2) is 5.52. The van der Waals surface area contributed by atoms with E-state index in [0.29, 0.717) is 12.0 Å². The molecule has 3 atom stereocenters. The zero-order chi connectivity index (χ0) is 12.5. The molecule has 1 saturated heterocycles. The minimum Gasteiger partial charge on any atom is -0.338 e. The van der Waals surface area contributed by atoms with Gasteiger partial charge in [0.15, 0.2) is 0 Å². The van der Waals surface area contributed by atoms with Gasteiger partial charge < -0.3 is 9.42 Å². The van der Waals surface area contributed by atoms with Crippen LogP contribution < -0.4 is 0 Å². The molecule has 0 aromatic heterocycles. The van der Waals surface area contributed by atoms with Crippen LogP contribution in [0.4, 0.5) is 0 Å². The summed E-state index contributed by atoms with van der Waals surface area (Å²) in [6, 6.07) is 0.395. The molecular formula is C13H26NO2P. The topological polar surface area (TPSA) is 32.7 Å². The van der Waals surface area contributed by atoms with Crippen LogP contribution in [0.2, 0.25) is 0 Å². The molecule has 0 aromatic carbocycles. The van der Waals surface area contributed by atoms with E-state index in [9.17, 15) is 4.89 Å². The molecule has 2 rings (SSSR count). The molecule has 1 saturated carbocycles. The van der Waals surface area contributed by atoms with Crippen molar-refractivity contribution < 1.29 is 9.42 Å². The van der Waals surface area contributed by atoms with Gasteiger partial charge in [-0.1, -0.05) is 33.1 Å². The molecule has 3 unspecified atom stereocenters. The van der Waals surface area contributed by atoms with Crippen molar-refractivity contribution in [3.8, 4) is 0 Å². The predicted octanol–water partition coefficient (Wildman–Crippen LogP) is 3.68. The summed E-state index contributed by atoms with van der Waals surface area (Å²) in [5.41, 5.74) is -0.0790. The van der Waals surface area contributed by atoms with Gasteiger partial charge in [0.1, 0.15) is 0 Å². The minimum absolute atomic E-state index is 0.0790. The monoisotopic (exact) mass is 259 g/mol. The fourth-order valence-electron chi connectivity index (χ4n) is 3.85. The Kier molecular flexibility index (Phi) is 4.46. The number of likely N-dealkylation sites (N-methyl/N-ethyl adjacent to an activating group) is 1. The largest absolute Gasteiger partial charge is 0.338 e. The minimum atomic E-state index is -1.36. The van der Waals surface area contributed by atoms with Crippen molar-refractivity contribution in [1.82, 2.24) is 4.67 Å². The fourth-order valence-corrected chi connectivity index (χ4v) is 5.28. The highest BCUT2D eigenvalue weighted by atomic mass is 31.2. The van der Waals surface area contributed by atoms with Crippen LogP contribution in [-0.2, 0) is 4.52 Å². The first-order valence-corrected chi connectivity index (χ1v) is 8.23. The van der Waals surface area contributed by atoms with Crippen molar-refractivity contribution in [2.45, 2.75) is 70.4 Å². The van der Waals surface area contributed by atoms with Gasteiger partial charge >= 0.3 is 0 Å². The van der Waals surface area contributed by atoms with Gasteiger partial charge in [0.05, 0.1) is 5.60 Å². The van der Waals surface area contributed by atoms with Crippen LogP contribution in [0, 0.1) is 5.92 Å². The summed E-state index contributed by atoms with van der Waals surface area (Å²) < 4.78 is 8.18. The summed E-state index contributed by atoms with van der Waals surface area (Å²) in [6.45, 7) is 4.44. The SMILES string of the molecule is CCC1N(C)P(O)OC1(CC)C1CCCCC1. The lowest BCUT2D eigenvalue weighted by molar-refractivity contribution is -0.0207. The predicted molar refractivity (Wildman–Crippen MR) is 71.7 cm³/mol. The van der Waals surface area contributed by atoms with Crippen molar-refractivity contribution in [2.24, 2.45) is 5.92 Å². The van der Waals surface area contributed by atoms with Crippen LogP contribution >= 0.6 is 8.53 Å². The van der Waals surface area contributed by atoms with E-state index in [0.717, 1.165) is 12.8 Å². The molecule has 0 amide bonds. The lowest BCUT2D eigenvalue weighted by Gasteiger charge is -2.42. The molecule has 17 heavy (non-hydrogen) atoms. The van der Waals surface area contributed by atoms with E-state index in [1.54, 1.807) is 0 Å². The van der Waals surface area contributed by atoms with E-state index in [1.165, 1.54) is 32.1 Å². The first kappa shape index (κ1) is 13.7. The molecular weight excluding hydrogens is 233 g/mol. The summed E-state index contributed by atoms with van der Waals surface area (Å²) in [5.74, 6) is 0.647. The maximum atomic E-state index is 10.1. The molecule has 2 fully saturated rings. The summed E-state index contributed by atoms with van der Waals surface area (Å²) >= 11 is 0. The Morgan fingerprint density at radius 2 is 1.94 bits per heavy atom. The third-order valence-electron chi connectivity index (χ3n) is 4.77. The molecule has 0 spiro atoms. The summed E-state index contributed by atoms with van der Waals surface area (Å²) in [6.07, 6.45) is 8.69. The van der Waals surface area contributed by atoms with Gasteiger partial charge in [-0.25, -0.2) is 4.67 Å². The molecule has 0 aromatic rings. The zero-order valence-corrected chi connectivity index (χ0v) is 12.2. The van der Waals surface area contributed by atoms with Crippen molar-refractivity contribution in [1.29, 1.82) is 0 Å². The van der Waals surface area contributed by atoms with Crippen molar-refractivity contribution in [3.05, 3.63) is 0 Å². The Hall–Kier alpha value is 0.310. The van der Waals surface area contributed by atoms with Crippen molar-refractivity contribution >= 4 is 8.53 Å². The summed E-state index contributed by atoms with van der Waals surface area (Å²) in [5, 5.41) is 0. The van der Waals surface area contributed by atoms with E-state index in [4.69, 9.17) is 4.52 Å². The van der Waals surface area contributed by atoms with E-state index in [-0.39, 0.29) is 5.60 Å². The number of hydrogen-bond donors (Lipinski definition) is 1. The third kappa shape index (κ3) is 2.28. The molecule has 1 N–H and O–H groups in total. The number of hydrogen-bond acceptors (Lipinski definition) is 3. The highest BCUT2D eigenvalue weighted by Crippen LogP contribution is 2.58. The Morgan fingerprint density at radius 3 is 2.47 bits per heavy atom. The summed E-state index contributed by atoms with van der Waals surface area (Å²) in [4.78, 5) is 10.1. The molecule has 3 nitrogen and oxygen atoms in total. The number of nitrogens with zero attached hydrogens (tertiary/aromatic N) is 1. The first-order chi connectivity index (χ1) is 8.15. The Balaban J connectivity index is 2.22. The van der Waals surface area contributed by atoms with Crippen LogP contribution in [0.5, 0.6) is 0 Å². The lowest BCUT2D eigenvalue weighted by Crippen LogP contribution is -2.49. The molecule has 4 heteroatoms. The Labute approximate surface area is 107 Å². The normalized spacial score (nSPS) is 40.9.